The molecule has 0 spiro atoms. The third-order valence-electron chi connectivity index (χ3n) is 6.07. The number of carbonyl (C=O) groups excluding carboxylic acids is 1. The minimum absolute atomic E-state index is 0.0511. The number of fused-ring (bicyclic) bond motifs is 2. The molecule has 0 saturated carbocycles. The van der Waals surface area contributed by atoms with Crippen molar-refractivity contribution in [2.45, 2.75) is 6.54 Å². The molecule has 0 unspecified atom stereocenters. The fraction of sp³-hybridized carbons (Fsp3) is 0.241. The lowest BCUT2D eigenvalue weighted by atomic mass is 10.0. The van der Waals surface area contributed by atoms with Gasteiger partial charge in [-0.25, -0.2) is 0 Å². The Labute approximate surface area is 201 Å². The molecule has 0 aromatic heterocycles. The van der Waals surface area contributed by atoms with Crippen molar-refractivity contribution in [3.8, 4) is 5.75 Å². The average Bonchev–Trinajstić information content (AvgIpc) is 2.84. The lowest BCUT2D eigenvalue weighted by Crippen LogP contribution is -2.34. The van der Waals surface area contributed by atoms with E-state index in [9.17, 15) is 9.90 Å². The molecule has 5 nitrogen and oxygen atoms in total. The van der Waals surface area contributed by atoms with Crippen LogP contribution in [0.25, 0.3) is 21.5 Å². The molecule has 0 aliphatic rings. The molecule has 0 atom stereocenters. The number of hydrogen-bond acceptors (Lipinski definition) is 5. The molecule has 0 heterocycles. The average molecular weight is 454 g/mol. The van der Waals surface area contributed by atoms with E-state index in [0.717, 1.165) is 30.4 Å². The Morgan fingerprint density at radius 2 is 1.47 bits per heavy atom. The molecule has 1 N–H and O–H groups in total. The van der Waals surface area contributed by atoms with E-state index in [1.54, 1.807) is 12.3 Å². The van der Waals surface area contributed by atoms with Gasteiger partial charge in [0.1, 0.15) is 5.75 Å². The van der Waals surface area contributed by atoms with Crippen molar-refractivity contribution in [1.82, 2.24) is 9.80 Å². The van der Waals surface area contributed by atoms with Crippen molar-refractivity contribution in [2.75, 3.05) is 40.3 Å². The molecule has 0 radical (unpaired) electrons. The Kier molecular flexibility index (Phi) is 7.68. The minimum atomic E-state index is 0.0511. The summed E-state index contributed by atoms with van der Waals surface area (Å²) in [5.41, 5.74) is 1.96. The quantitative estimate of drug-likeness (QED) is 0.352. The van der Waals surface area contributed by atoms with Crippen molar-refractivity contribution in [1.29, 1.82) is 0 Å². The topological polar surface area (TPSA) is 56.1 Å². The molecule has 0 fully saturated rings. The number of nitrogens with zero attached hydrogens (tertiary/aromatic N) is 3. The third-order valence-corrected chi connectivity index (χ3v) is 6.07. The summed E-state index contributed by atoms with van der Waals surface area (Å²) in [5.74, 6) is 0.219. The van der Waals surface area contributed by atoms with E-state index in [1.807, 2.05) is 42.3 Å². The molecule has 0 bridgehead atoms. The number of hydrogen-bond donors (Lipinski definition) is 1. The SMILES string of the molecule is CN(CCN(C)Cc1cccc2ccccc12)CC(=O)CN=Cc1c(O)ccc2ccccc12. The largest absolute Gasteiger partial charge is 0.507 e. The lowest BCUT2D eigenvalue weighted by molar-refractivity contribution is -0.118. The first-order chi connectivity index (χ1) is 16.5. The second kappa shape index (κ2) is 11.1. The summed E-state index contributed by atoms with van der Waals surface area (Å²) in [5, 5.41) is 14.7. The van der Waals surface area contributed by atoms with Crippen LogP contribution in [0.15, 0.2) is 83.9 Å². The van der Waals surface area contributed by atoms with Crippen LogP contribution in [0.3, 0.4) is 0 Å². The van der Waals surface area contributed by atoms with Crippen LogP contribution < -0.4 is 0 Å². The van der Waals surface area contributed by atoms with Crippen molar-refractivity contribution >= 4 is 33.5 Å². The first-order valence-electron chi connectivity index (χ1n) is 11.6. The number of carbonyl (C=O) groups is 1. The number of phenols is 1. The highest BCUT2D eigenvalue weighted by Crippen LogP contribution is 2.25. The number of rotatable bonds is 10. The maximum absolute atomic E-state index is 12.4. The zero-order chi connectivity index (χ0) is 23.9. The highest BCUT2D eigenvalue weighted by atomic mass is 16.3. The third kappa shape index (κ3) is 5.87. The molecule has 0 amide bonds. The second-order valence-electron chi connectivity index (χ2n) is 8.84. The Bertz CT molecular complexity index is 1310. The number of ketones is 1. The van der Waals surface area contributed by atoms with Crippen molar-refractivity contribution in [3.05, 3.63) is 90.0 Å². The van der Waals surface area contributed by atoms with Gasteiger partial charge in [-0.05, 0) is 47.3 Å². The molecule has 4 aromatic carbocycles. The smallest absolute Gasteiger partial charge is 0.168 e. The maximum Gasteiger partial charge on any atom is 0.168 e. The maximum atomic E-state index is 12.4. The number of benzene rings is 4. The number of aliphatic imine (C=N–C) groups is 1. The van der Waals surface area contributed by atoms with Crippen LogP contribution >= 0.6 is 0 Å². The summed E-state index contributed by atoms with van der Waals surface area (Å²) in [4.78, 5) is 21.1. The van der Waals surface area contributed by atoms with Gasteiger partial charge in [0.2, 0.25) is 0 Å². The van der Waals surface area contributed by atoms with Gasteiger partial charge in [0.05, 0.1) is 13.1 Å². The predicted molar refractivity (Wildman–Crippen MR) is 141 cm³/mol. The summed E-state index contributed by atoms with van der Waals surface area (Å²) in [6.45, 7) is 2.96. The van der Waals surface area contributed by atoms with Gasteiger partial charge in [-0.2, -0.15) is 0 Å². The molecule has 0 aliphatic carbocycles. The zero-order valence-electron chi connectivity index (χ0n) is 19.8. The fourth-order valence-electron chi connectivity index (χ4n) is 4.23. The highest BCUT2D eigenvalue weighted by molar-refractivity contribution is 6.02. The molecular weight excluding hydrogens is 422 g/mol. The molecule has 4 aromatic rings. The number of likely N-dealkylation sites (N-methyl/N-ethyl adjacent to an activating group) is 2. The highest BCUT2D eigenvalue weighted by Gasteiger charge is 2.10. The van der Waals surface area contributed by atoms with Crippen molar-refractivity contribution in [2.24, 2.45) is 4.99 Å². The number of aromatic hydroxyl groups is 1. The molecule has 0 aliphatic heterocycles. The van der Waals surface area contributed by atoms with Gasteiger partial charge in [-0.1, -0.05) is 72.8 Å². The van der Waals surface area contributed by atoms with Crippen molar-refractivity contribution < 1.29 is 9.90 Å². The monoisotopic (exact) mass is 453 g/mol. The van der Waals surface area contributed by atoms with Gasteiger partial charge < -0.3 is 10.0 Å². The molecular formula is C29H31N3O2. The van der Waals surface area contributed by atoms with Crippen LogP contribution in [-0.2, 0) is 11.3 Å². The van der Waals surface area contributed by atoms with E-state index < -0.39 is 0 Å². The van der Waals surface area contributed by atoms with Crippen LogP contribution in [-0.4, -0.2) is 67.2 Å². The van der Waals surface area contributed by atoms with Gasteiger partial charge in [-0.15, -0.1) is 0 Å². The first kappa shape index (κ1) is 23.6. The second-order valence-corrected chi connectivity index (χ2v) is 8.84. The van der Waals surface area contributed by atoms with E-state index in [4.69, 9.17) is 0 Å². The number of Topliss-reactive ketones (excluding diaryl/α,β-unsaturated/α-hetero) is 1. The molecule has 5 heteroatoms. The van der Waals surface area contributed by atoms with E-state index >= 15 is 0 Å². The van der Waals surface area contributed by atoms with Crippen LogP contribution in [0.2, 0.25) is 0 Å². The Morgan fingerprint density at radius 1 is 0.824 bits per heavy atom. The molecule has 0 saturated heterocycles. The zero-order valence-corrected chi connectivity index (χ0v) is 19.8. The summed E-state index contributed by atoms with van der Waals surface area (Å²) in [6, 6.07) is 26.2. The van der Waals surface area contributed by atoms with E-state index in [2.05, 4.69) is 59.4 Å². The Morgan fingerprint density at radius 3 is 2.26 bits per heavy atom. The van der Waals surface area contributed by atoms with E-state index in [1.165, 1.54) is 16.3 Å². The van der Waals surface area contributed by atoms with E-state index in [0.29, 0.717) is 12.1 Å². The molecule has 4 rings (SSSR count). The first-order valence-corrected chi connectivity index (χ1v) is 11.6. The summed E-state index contributed by atoms with van der Waals surface area (Å²) < 4.78 is 0. The lowest BCUT2D eigenvalue weighted by Gasteiger charge is -2.22. The van der Waals surface area contributed by atoms with Gasteiger partial charge in [0, 0.05) is 31.4 Å². The van der Waals surface area contributed by atoms with E-state index in [-0.39, 0.29) is 18.1 Å². The van der Waals surface area contributed by atoms with Gasteiger partial charge in [-0.3, -0.25) is 14.7 Å². The van der Waals surface area contributed by atoms with Crippen LogP contribution in [0.4, 0.5) is 0 Å². The van der Waals surface area contributed by atoms with Gasteiger partial charge >= 0.3 is 0 Å². The van der Waals surface area contributed by atoms with Crippen LogP contribution in [0.1, 0.15) is 11.1 Å². The Hall–Kier alpha value is -3.54. The summed E-state index contributed by atoms with van der Waals surface area (Å²) in [6.07, 6.45) is 1.60. The molecule has 34 heavy (non-hydrogen) atoms. The fourth-order valence-corrected chi connectivity index (χ4v) is 4.23. The summed E-state index contributed by atoms with van der Waals surface area (Å²) in [7, 11) is 4.07. The molecule has 174 valence electrons. The van der Waals surface area contributed by atoms with Gasteiger partial charge in [0.25, 0.3) is 0 Å². The summed E-state index contributed by atoms with van der Waals surface area (Å²) >= 11 is 0. The predicted octanol–water partition coefficient (Wildman–Crippen LogP) is 4.75. The standard InChI is InChI=1S/C29H31N3O2/c1-31(20-24-11-7-10-22-8-3-5-12-26(22)24)16-17-32(2)21-25(33)18-30-19-28-27-13-6-4-9-23(27)14-15-29(28)34/h3-15,19,34H,16-18,20-21H2,1-2H3. The Balaban J connectivity index is 1.26. The minimum Gasteiger partial charge on any atom is -0.507 e. The van der Waals surface area contributed by atoms with Crippen LogP contribution in [0.5, 0.6) is 5.75 Å². The number of phenolic OH excluding ortho intramolecular Hbond substituents is 1. The van der Waals surface area contributed by atoms with Crippen LogP contribution in [0, 0.1) is 0 Å². The van der Waals surface area contributed by atoms with Gasteiger partial charge in [0.15, 0.2) is 5.78 Å². The van der Waals surface area contributed by atoms with Crippen molar-refractivity contribution in [3.63, 3.8) is 0 Å². The normalized spacial score (nSPS) is 11.9.